The molecule has 7 heteroatoms. The minimum absolute atomic E-state index is 0.0287. The molecule has 3 atom stereocenters. The summed E-state index contributed by atoms with van der Waals surface area (Å²) in [6.45, 7) is 6.28. The number of amides is 2. The van der Waals surface area contributed by atoms with Crippen molar-refractivity contribution < 1.29 is 19.1 Å². The van der Waals surface area contributed by atoms with Crippen LogP contribution in [-0.2, 0) is 14.3 Å². The summed E-state index contributed by atoms with van der Waals surface area (Å²) < 4.78 is 5.26. The summed E-state index contributed by atoms with van der Waals surface area (Å²) >= 11 is 0. The molecule has 7 nitrogen and oxygen atoms in total. The summed E-state index contributed by atoms with van der Waals surface area (Å²) in [7, 11) is 0. The molecule has 1 N–H and O–H groups in total. The average Bonchev–Trinajstić information content (AvgIpc) is 3.15. The molecular weight excluding hydrogens is 358 g/mol. The van der Waals surface area contributed by atoms with Crippen molar-refractivity contribution in [3.8, 4) is 0 Å². The highest BCUT2D eigenvalue weighted by atomic mass is 16.5. The predicted molar refractivity (Wildman–Crippen MR) is 105 cm³/mol. The van der Waals surface area contributed by atoms with Gasteiger partial charge in [0.25, 0.3) is 5.91 Å². The van der Waals surface area contributed by atoms with Gasteiger partial charge in [-0.3, -0.25) is 9.59 Å². The first kappa shape index (κ1) is 18.8. The third-order valence-corrected chi connectivity index (χ3v) is 5.90. The van der Waals surface area contributed by atoms with E-state index < -0.39 is 5.97 Å². The molecule has 0 aliphatic carbocycles. The number of ether oxygens (including phenoxy) is 1. The monoisotopic (exact) mass is 385 g/mol. The number of likely N-dealkylation sites (tertiary alicyclic amines) is 1. The van der Waals surface area contributed by atoms with Crippen molar-refractivity contribution in [2.45, 2.75) is 39.2 Å². The van der Waals surface area contributed by atoms with Gasteiger partial charge in [0.15, 0.2) is 6.61 Å². The maximum absolute atomic E-state index is 12.4. The Morgan fingerprint density at radius 1 is 1.21 bits per heavy atom. The van der Waals surface area contributed by atoms with Gasteiger partial charge in [-0.1, -0.05) is 13.8 Å². The Hall–Kier alpha value is -2.57. The Kier molecular flexibility index (Phi) is 5.00. The van der Waals surface area contributed by atoms with Crippen LogP contribution in [0.25, 0.3) is 0 Å². The molecule has 150 valence electrons. The summed E-state index contributed by atoms with van der Waals surface area (Å²) in [5.41, 5.74) is 1.90. The van der Waals surface area contributed by atoms with E-state index in [-0.39, 0.29) is 24.5 Å². The first-order valence-corrected chi connectivity index (χ1v) is 10.1. The van der Waals surface area contributed by atoms with Crippen LogP contribution in [0.4, 0.5) is 11.4 Å². The van der Waals surface area contributed by atoms with Crippen LogP contribution in [0.3, 0.4) is 0 Å². The van der Waals surface area contributed by atoms with Crippen LogP contribution in [-0.4, -0.2) is 55.0 Å². The second-order valence-corrected chi connectivity index (χ2v) is 8.39. The molecule has 2 saturated heterocycles. The molecule has 0 radical (unpaired) electrons. The lowest BCUT2D eigenvalue weighted by Crippen LogP contribution is -2.44. The molecule has 0 bridgehead atoms. The standard InChI is InChI=1S/C21H27N3O4/c1-13-8-14(2)11-23(10-13)19(25)12-28-21(27)15-5-6-17-16(9-15)22-20(26)18-4-3-7-24(17)18/h5-6,9,13-14,18H,3-4,7-8,10-12H2,1-2H3,(H,22,26)/t13-,14-,18-/m1/s1. The van der Waals surface area contributed by atoms with Crippen molar-refractivity contribution >= 4 is 29.2 Å². The highest BCUT2D eigenvalue weighted by molar-refractivity contribution is 6.05. The lowest BCUT2D eigenvalue weighted by molar-refractivity contribution is -0.137. The van der Waals surface area contributed by atoms with Gasteiger partial charge in [-0.25, -0.2) is 4.79 Å². The van der Waals surface area contributed by atoms with Gasteiger partial charge in [0, 0.05) is 19.6 Å². The van der Waals surface area contributed by atoms with Gasteiger partial charge in [0.1, 0.15) is 6.04 Å². The zero-order chi connectivity index (χ0) is 19.8. The molecule has 0 unspecified atom stereocenters. The van der Waals surface area contributed by atoms with Gasteiger partial charge < -0.3 is 19.9 Å². The topological polar surface area (TPSA) is 79.0 Å². The Morgan fingerprint density at radius 3 is 2.71 bits per heavy atom. The number of rotatable bonds is 3. The number of nitrogens with zero attached hydrogens (tertiary/aromatic N) is 2. The van der Waals surface area contributed by atoms with Gasteiger partial charge in [-0.15, -0.1) is 0 Å². The molecular formula is C21H27N3O4. The fourth-order valence-corrected chi connectivity index (χ4v) is 4.73. The van der Waals surface area contributed by atoms with Crippen LogP contribution in [0.2, 0.25) is 0 Å². The first-order chi connectivity index (χ1) is 13.4. The van der Waals surface area contributed by atoms with Gasteiger partial charge in [-0.2, -0.15) is 0 Å². The average molecular weight is 385 g/mol. The third kappa shape index (κ3) is 3.57. The van der Waals surface area contributed by atoms with Crippen molar-refractivity contribution in [2.75, 3.05) is 36.5 Å². The number of esters is 1. The number of anilines is 2. The van der Waals surface area contributed by atoms with Crippen molar-refractivity contribution in [2.24, 2.45) is 11.8 Å². The SMILES string of the molecule is C[C@@H]1C[C@@H](C)CN(C(=O)COC(=O)c2ccc3c(c2)NC(=O)[C@H]2CCCN32)C1. The highest BCUT2D eigenvalue weighted by Crippen LogP contribution is 2.37. The maximum Gasteiger partial charge on any atom is 0.338 e. The van der Waals surface area contributed by atoms with E-state index in [1.165, 1.54) is 0 Å². The number of carbonyl (C=O) groups excluding carboxylic acids is 3. The van der Waals surface area contributed by atoms with Crippen LogP contribution in [0.5, 0.6) is 0 Å². The molecule has 28 heavy (non-hydrogen) atoms. The normalized spacial score (nSPS) is 26.4. The molecule has 0 aromatic heterocycles. The fraction of sp³-hybridized carbons (Fsp3) is 0.571. The Bertz CT molecular complexity index is 799. The molecule has 2 fully saturated rings. The molecule has 1 aromatic rings. The molecule has 0 saturated carbocycles. The molecule has 4 rings (SSSR count). The summed E-state index contributed by atoms with van der Waals surface area (Å²) in [5.74, 6) is 0.188. The van der Waals surface area contributed by atoms with Gasteiger partial charge in [0.05, 0.1) is 16.9 Å². The van der Waals surface area contributed by atoms with Crippen LogP contribution >= 0.6 is 0 Å². The zero-order valence-corrected chi connectivity index (χ0v) is 16.4. The van der Waals surface area contributed by atoms with Crippen LogP contribution < -0.4 is 10.2 Å². The Morgan fingerprint density at radius 2 is 1.96 bits per heavy atom. The number of benzene rings is 1. The highest BCUT2D eigenvalue weighted by Gasteiger charge is 2.36. The summed E-state index contributed by atoms with van der Waals surface area (Å²) in [6.07, 6.45) is 2.95. The summed E-state index contributed by atoms with van der Waals surface area (Å²) in [4.78, 5) is 41.0. The van der Waals surface area contributed by atoms with Gasteiger partial charge in [-0.05, 0) is 49.3 Å². The quantitative estimate of drug-likeness (QED) is 0.808. The molecule has 3 heterocycles. The lowest BCUT2D eigenvalue weighted by Gasteiger charge is -2.34. The minimum atomic E-state index is -0.549. The smallest absolute Gasteiger partial charge is 0.338 e. The third-order valence-electron chi connectivity index (χ3n) is 5.90. The molecule has 2 amide bonds. The predicted octanol–water partition coefficient (Wildman–Crippen LogP) is 2.27. The van der Waals surface area contributed by atoms with Crippen molar-refractivity contribution in [3.05, 3.63) is 23.8 Å². The summed E-state index contributed by atoms with van der Waals surface area (Å²) in [6, 6.07) is 5.07. The maximum atomic E-state index is 12.4. The first-order valence-electron chi connectivity index (χ1n) is 10.1. The number of hydrogen-bond donors (Lipinski definition) is 1. The number of nitrogens with one attached hydrogen (secondary N) is 1. The van der Waals surface area contributed by atoms with E-state index >= 15 is 0 Å². The van der Waals surface area contributed by atoms with E-state index in [4.69, 9.17) is 4.74 Å². The van der Waals surface area contributed by atoms with Gasteiger partial charge in [0.2, 0.25) is 5.91 Å². The number of carbonyl (C=O) groups is 3. The van der Waals surface area contributed by atoms with E-state index in [9.17, 15) is 14.4 Å². The van der Waals surface area contributed by atoms with Crippen molar-refractivity contribution in [3.63, 3.8) is 0 Å². The van der Waals surface area contributed by atoms with Crippen LogP contribution in [0.1, 0.15) is 43.5 Å². The molecule has 0 spiro atoms. The second-order valence-electron chi connectivity index (χ2n) is 8.39. The molecule has 3 aliphatic rings. The fourth-order valence-electron chi connectivity index (χ4n) is 4.73. The second kappa shape index (κ2) is 7.45. The van der Waals surface area contributed by atoms with Crippen molar-refractivity contribution in [1.29, 1.82) is 0 Å². The van der Waals surface area contributed by atoms with Crippen molar-refractivity contribution in [1.82, 2.24) is 4.90 Å². The van der Waals surface area contributed by atoms with E-state index in [0.29, 0.717) is 36.2 Å². The Labute approximate surface area is 165 Å². The number of hydrogen-bond acceptors (Lipinski definition) is 5. The number of piperidine rings is 1. The van der Waals surface area contributed by atoms with E-state index in [1.54, 1.807) is 17.0 Å². The van der Waals surface area contributed by atoms with E-state index in [2.05, 4.69) is 24.1 Å². The van der Waals surface area contributed by atoms with E-state index in [0.717, 1.165) is 31.5 Å². The van der Waals surface area contributed by atoms with Crippen LogP contribution in [0, 0.1) is 11.8 Å². The van der Waals surface area contributed by atoms with E-state index in [1.807, 2.05) is 6.07 Å². The summed E-state index contributed by atoms with van der Waals surface area (Å²) in [5, 5.41) is 2.89. The lowest BCUT2D eigenvalue weighted by atomic mass is 9.92. The number of fused-ring (bicyclic) bond motifs is 3. The molecule has 3 aliphatic heterocycles. The Balaban J connectivity index is 1.40. The minimum Gasteiger partial charge on any atom is -0.452 e. The largest absolute Gasteiger partial charge is 0.452 e. The molecule has 1 aromatic carbocycles. The van der Waals surface area contributed by atoms with Gasteiger partial charge >= 0.3 is 5.97 Å². The zero-order valence-electron chi connectivity index (χ0n) is 16.4. The van der Waals surface area contributed by atoms with Crippen LogP contribution in [0.15, 0.2) is 18.2 Å².